The van der Waals surface area contributed by atoms with Crippen LogP contribution in [0.15, 0.2) is 0 Å². The fourth-order valence-electron chi connectivity index (χ4n) is 0.807. The highest BCUT2D eigenvalue weighted by molar-refractivity contribution is 5.59. The van der Waals surface area contributed by atoms with Crippen LogP contribution in [0, 0.1) is 0 Å². The van der Waals surface area contributed by atoms with Crippen molar-refractivity contribution in [2.45, 2.75) is 18.6 Å². The summed E-state index contributed by atoms with van der Waals surface area (Å²) in [7, 11) is 0. The average Bonchev–Trinajstić information content (AvgIpc) is 2.14. The Kier molecular flexibility index (Phi) is 1.60. The number of carbonyl (C=O) groups excluding carboxylic acids is 1. The van der Waals surface area contributed by atoms with E-state index >= 15 is 0 Å². The third kappa shape index (κ3) is 1.05. The maximum absolute atomic E-state index is 9.85. The van der Waals surface area contributed by atoms with Gasteiger partial charge in [-0.25, -0.2) is 0 Å². The quantitative estimate of drug-likeness (QED) is 0.451. The Morgan fingerprint density at radius 3 is 2.75 bits per heavy atom. The lowest BCUT2D eigenvalue weighted by Gasteiger charge is -1.93. The van der Waals surface area contributed by atoms with Gasteiger partial charge in [0.25, 0.3) is 0 Å². The number of hydrogen-bond acceptors (Lipinski definition) is 3. The van der Waals surface area contributed by atoms with E-state index in [0.29, 0.717) is 13.0 Å². The lowest BCUT2D eigenvalue weighted by Crippen LogP contribution is -2.22. The van der Waals surface area contributed by atoms with E-state index in [2.05, 4.69) is 5.32 Å². The van der Waals surface area contributed by atoms with Crippen molar-refractivity contribution in [3.05, 3.63) is 0 Å². The minimum atomic E-state index is -0.346. The topological polar surface area (TPSA) is 49.3 Å². The number of hydrogen-bond donors (Lipinski definition) is 2. The molecule has 1 unspecified atom stereocenters. The molecule has 2 N–H and O–H groups in total. The Balaban J connectivity index is 2.32. The average molecular weight is 114 g/mol. The molecule has 1 aliphatic rings. The normalized spacial score (nSPS) is 37.6. The predicted octanol–water partition coefficient (Wildman–Crippen LogP) is -1.18. The van der Waals surface area contributed by atoms with E-state index in [4.69, 9.17) is 5.11 Å². The van der Waals surface area contributed by atoms with Crippen molar-refractivity contribution >= 4 is 6.29 Å². The second kappa shape index (κ2) is 2.24. The minimum Gasteiger partial charge on any atom is -0.392 e. The van der Waals surface area contributed by atoms with Crippen molar-refractivity contribution in [2.75, 3.05) is 6.54 Å². The van der Waals surface area contributed by atoms with Gasteiger partial charge in [-0.05, 0) is 6.42 Å². The first-order valence-electron chi connectivity index (χ1n) is 2.62. The summed E-state index contributed by atoms with van der Waals surface area (Å²) in [5.74, 6) is 0. The molecule has 3 heteroatoms. The van der Waals surface area contributed by atoms with Crippen molar-refractivity contribution in [3.63, 3.8) is 0 Å². The smallest absolute Gasteiger partial charge is 0.216 e. The van der Waals surface area contributed by atoms with Gasteiger partial charge in [0, 0.05) is 6.54 Å². The van der Waals surface area contributed by atoms with Gasteiger partial charge in [0.2, 0.25) is 6.29 Å². The van der Waals surface area contributed by atoms with Gasteiger partial charge in [-0.15, -0.1) is 0 Å². The zero-order chi connectivity index (χ0) is 5.98. The van der Waals surface area contributed by atoms with Crippen LogP contribution in [0.2, 0.25) is 0 Å². The van der Waals surface area contributed by atoms with E-state index in [-0.39, 0.29) is 12.1 Å². The SMILES string of the molecule is O=[C][C@@H]1CC(O)CN1. The molecule has 1 fully saturated rings. The second-order valence-corrected chi connectivity index (χ2v) is 1.97. The molecule has 2 atom stereocenters. The highest BCUT2D eigenvalue weighted by Crippen LogP contribution is 2.02. The van der Waals surface area contributed by atoms with Crippen molar-refractivity contribution in [1.29, 1.82) is 0 Å². The third-order valence-corrected chi connectivity index (χ3v) is 1.25. The molecule has 0 aromatic rings. The van der Waals surface area contributed by atoms with Gasteiger partial charge < -0.3 is 10.4 Å². The van der Waals surface area contributed by atoms with Crippen LogP contribution in [-0.4, -0.2) is 30.1 Å². The zero-order valence-corrected chi connectivity index (χ0v) is 4.42. The number of β-amino-alcohol motifs (C(OH)–C–C–N with tert-alkyl or cyclic N) is 1. The molecule has 0 aliphatic carbocycles. The molecule has 0 aromatic heterocycles. The molecular formula is C5H8NO2. The van der Waals surface area contributed by atoms with Gasteiger partial charge in [0.1, 0.15) is 0 Å². The summed E-state index contributed by atoms with van der Waals surface area (Å²) in [5, 5.41) is 11.6. The van der Waals surface area contributed by atoms with E-state index in [1.54, 1.807) is 6.29 Å². The van der Waals surface area contributed by atoms with Crippen molar-refractivity contribution < 1.29 is 9.90 Å². The summed E-state index contributed by atoms with van der Waals surface area (Å²) >= 11 is 0. The van der Waals surface area contributed by atoms with E-state index in [1.165, 1.54) is 0 Å². The van der Waals surface area contributed by atoms with Crippen molar-refractivity contribution in [2.24, 2.45) is 0 Å². The minimum absolute atomic E-state index is 0.231. The molecule has 0 saturated carbocycles. The van der Waals surface area contributed by atoms with E-state index in [0.717, 1.165) is 0 Å². The second-order valence-electron chi connectivity index (χ2n) is 1.97. The number of aliphatic hydroxyl groups is 1. The van der Waals surface area contributed by atoms with E-state index in [1.807, 2.05) is 0 Å². The largest absolute Gasteiger partial charge is 0.392 e. The maximum Gasteiger partial charge on any atom is 0.216 e. The fraction of sp³-hybridized carbons (Fsp3) is 0.800. The van der Waals surface area contributed by atoms with Gasteiger partial charge in [-0.3, -0.25) is 4.79 Å². The molecule has 1 aliphatic heterocycles. The Morgan fingerprint density at radius 1 is 1.75 bits per heavy atom. The van der Waals surface area contributed by atoms with Gasteiger partial charge in [-0.1, -0.05) is 0 Å². The van der Waals surface area contributed by atoms with Crippen LogP contribution in [0.5, 0.6) is 0 Å². The van der Waals surface area contributed by atoms with Gasteiger partial charge >= 0.3 is 0 Å². The molecule has 1 saturated heterocycles. The molecule has 0 amide bonds. The van der Waals surface area contributed by atoms with Crippen molar-refractivity contribution in [3.8, 4) is 0 Å². The molecule has 1 radical (unpaired) electrons. The molecule has 1 heterocycles. The molecule has 0 spiro atoms. The summed E-state index contributed by atoms with van der Waals surface area (Å²) in [6.07, 6.45) is 1.94. The lowest BCUT2D eigenvalue weighted by atomic mass is 10.2. The summed E-state index contributed by atoms with van der Waals surface area (Å²) < 4.78 is 0. The Hall–Kier alpha value is -0.410. The van der Waals surface area contributed by atoms with Crippen LogP contribution >= 0.6 is 0 Å². The molecule has 1 rings (SSSR count). The number of aliphatic hydroxyl groups excluding tert-OH is 1. The van der Waals surface area contributed by atoms with Gasteiger partial charge in [0.15, 0.2) is 0 Å². The standard InChI is InChI=1S/C5H8NO2/c7-3-4-1-5(8)2-6-4/h4-6,8H,1-2H2/t4-,5?/m0/s1. The molecule has 3 nitrogen and oxygen atoms in total. The third-order valence-electron chi connectivity index (χ3n) is 1.25. The van der Waals surface area contributed by atoms with E-state index < -0.39 is 0 Å². The maximum atomic E-state index is 9.85. The highest BCUT2D eigenvalue weighted by Gasteiger charge is 2.21. The zero-order valence-electron chi connectivity index (χ0n) is 4.42. The highest BCUT2D eigenvalue weighted by atomic mass is 16.3. The first-order valence-corrected chi connectivity index (χ1v) is 2.62. The van der Waals surface area contributed by atoms with Crippen LogP contribution in [0.4, 0.5) is 0 Å². The van der Waals surface area contributed by atoms with E-state index in [9.17, 15) is 4.79 Å². The Morgan fingerprint density at radius 2 is 2.50 bits per heavy atom. The summed E-state index contributed by atoms with van der Waals surface area (Å²) in [5.41, 5.74) is 0. The van der Waals surface area contributed by atoms with Crippen LogP contribution in [0.1, 0.15) is 6.42 Å². The van der Waals surface area contributed by atoms with Crippen LogP contribution in [0.3, 0.4) is 0 Å². The Bertz CT molecular complexity index is 94.4. The first kappa shape index (κ1) is 5.72. The monoisotopic (exact) mass is 114 g/mol. The van der Waals surface area contributed by atoms with Crippen LogP contribution in [-0.2, 0) is 4.79 Å². The molecular weight excluding hydrogens is 106 g/mol. The van der Waals surface area contributed by atoms with Crippen LogP contribution < -0.4 is 5.32 Å². The molecule has 0 bridgehead atoms. The van der Waals surface area contributed by atoms with Gasteiger partial charge in [0.05, 0.1) is 12.1 Å². The summed E-state index contributed by atoms with van der Waals surface area (Å²) in [6.45, 7) is 0.528. The first-order chi connectivity index (χ1) is 3.83. The van der Waals surface area contributed by atoms with Crippen molar-refractivity contribution in [1.82, 2.24) is 5.32 Å². The molecule has 45 valence electrons. The van der Waals surface area contributed by atoms with Gasteiger partial charge in [-0.2, -0.15) is 0 Å². The number of nitrogens with one attached hydrogen (secondary N) is 1. The Labute approximate surface area is 47.7 Å². The molecule has 0 aromatic carbocycles. The summed E-state index contributed by atoms with van der Waals surface area (Å²) in [6, 6.07) is -0.231. The number of rotatable bonds is 1. The lowest BCUT2D eigenvalue weighted by molar-refractivity contribution is 0.195. The predicted molar refractivity (Wildman–Crippen MR) is 28.1 cm³/mol. The summed E-state index contributed by atoms with van der Waals surface area (Å²) in [4.78, 5) is 9.85. The fourth-order valence-corrected chi connectivity index (χ4v) is 0.807. The molecule has 8 heavy (non-hydrogen) atoms. The van der Waals surface area contributed by atoms with Crippen LogP contribution in [0.25, 0.3) is 0 Å².